The van der Waals surface area contributed by atoms with E-state index in [4.69, 9.17) is 0 Å². The lowest BCUT2D eigenvalue weighted by Gasteiger charge is -2.13. The van der Waals surface area contributed by atoms with Crippen LogP contribution in [0.25, 0.3) is 0 Å². The Morgan fingerprint density at radius 3 is 2.35 bits per heavy atom. The summed E-state index contributed by atoms with van der Waals surface area (Å²) < 4.78 is 15.0. The second kappa shape index (κ2) is 5.32. The van der Waals surface area contributed by atoms with Crippen molar-refractivity contribution in [3.05, 3.63) is 69.4 Å². The molecule has 1 unspecified atom stereocenters. The Bertz CT molecular complexity index is 520. The minimum absolute atomic E-state index is 0.115. The van der Waals surface area contributed by atoms with Gasteiger partial charge in [-0.1, -0.05) is 62.2 Å². The maximum Gasteiger partial charge on any atom is 0.130 e. The van der Waals surface area contributed by atoms with Crippen LogP contribution < -0.4 is 0 Å². The molecule has 0 amide bonds. The van der Waals surface area contributed by atoms with Gasteiger partial charge >= 0.3 is 0 Å². The monoisotopic (exact) mass is 356 g/mol. The van der Waals surface area contributed by atoms with E-state index < -0.39 is 0 Å². The number of aryl methyl sites for hydroxylation is 1. The molecule has 0 spiro atoms. The molecule has 0 nitrogen and oxygen atoms in total. The van der Waals surface area contributed by atoms with Crippen LogP contribution >= 0.6 is 31.9 Å². The van der Waals surface area contributed by atoms with Gasteiger partial charge in [0.2, 0.25) is 0 Å². The molecule has 0 aliphatic carbocycles. The van der Waals surface area contributed by atoms with Crippen molar-refractivity contribution >= 4 is 31.9 Å². The molecule has 88 valence electrons. The standard InChI is InChI=1S/C14H11Br2F/c1-9-3-2-4-12(14(9)17)13(16)10-5-7-11(15)8-6-10/h2-8,13H,1H3. The van der Waals surface area contributed by atoms with Crippen LogP contribution in [0.1, 0.15) is 21.5 Å². The van der Waals surface area contributed by atoms with Gasteiger partial charge in [-0.2, -0.15) is 0 Å². The van der Waals surface area contributed by atoms with E-state index in [1.807, 2.05) is 36.4 Å². The lowest BCUT2D eigenvalue weighted by atomic mass is 10.0. The minimum atomic E-state index is -0.141. The van der Waals surface area contributed by atoms with E-state index in [-0.39, 0.29) is 10.6 Å². The van der Waals surface area contributed by atoms with Gasteiger partial charge in [0.25, 0.3) is 0 Å². The molecule has 1 atom stereocenters. The van der Waals surface area contributed by atoms with E-state index in [1.165, 1.54) is 0 Å². The number of halogens is 3. The van der Waals surface area contributed by atoms with Gasteiger partial charge in [-0.05, 0) is 30.2 Å². The molecule has 0 bridgehead atoms. The quantitative estimate of drug-likeness (QED) is 0.633. The maximum absolute atomic E-state index is 14.0. The Balaban J connectivity index is 2.40. The van der Waals surface area contributed by atoms with E-state index in [0.29, 0.717) is 11.1 Å². The average Bonchev–Trinajstić information content (AvgIpc) is 2.33. The van der Waals surface area contributed by atoms with Crippen molar-refractivity contribution in [3.63, 3.8) is 0 Å². The van der Waals surface area contributed by atoms with Gasteiger partial charge in [0.05, 0.1) is 4.83 Å². The van der Waals surface area contributed by atoms with Crippen molar-refractivity contribution in [3.8, 4) is 0 Å². The highest BCUT2D eigenvalue weighted by Crippen LogP contribution is 2.33. The summed E-state index contributed by atoms with van der Waals surface area (Å²) in [7, 11) is 0. The summed E-state index contributed by atoms with van der Waals surface area (Å²) >= 11 is 6.94. The van der Waals surface area contributed by atoms with Gasteiger partial charge in [-0.15, -0.1) is 0 Å². The predicted octanol–water partition coefficient (Wildman–Crippen LogP) is 5.38. The van der Waals surface area contributed by atoms with Crippen molar-refractivity contribution in [1.82, 2.24) is 0 Å². The molecule has 17 heavy (non-hydrogen) atoms. The van der Waals surface area contributed by atoms with Crippen LogP contribution in [-0.4, -0.2) is 0 Å². The van der Waals surface area contributed by atoms with E-state index in [9.17, 15) is 4.39 Å². The third kappa shape index (κ3) is 2.78. The zero-order chi connectivity index (χ0) is 12.4. The summed E-state index contributed by atoms with van der Waals surface area (Å²) in [4.78, 5) is -0.115. The number of hydrogen-bond acceptors (Lipinski definition) is 0. The first-order valence-electron chi connectivity index (χ1n) is 5.24. The van der Waals surface area contributed by atoms with Crippen LogP contribution in [0.15, 0.2) is 46.9 Å². The molecule has 2 aromatic rings. The SMILES string of the molecule is Cc1cccc(C(Br)c2ccc(Br)cc2)c1F. The highest BCUT2D eigenvalue weighted by molar-refractivity contribution is 9.10. The molecule has 0 N–H and O–H groups in total. The van der Waals surface area contributed by atoms with Crippen LogP contribution in [0.5, 0.6) is 0 Å². The molecule has 0 aromatic heterocycles. The Hall–Kier alpha value is -0.670. The molecular formula is C14H11Br2F. The average molecular weight is 358 g/mol. The molecule has 0 saturated heterocycles. The summed E-state index contributed by atoms with van der Waals surface area (Å²) in [5.74, 6) is -0.141. The molecule has 3 heteroatoms. The van der Waals surface area contributed by atoms with Crippen LogP contribution in [0.4, 0.5) is 4.39 Å². The van der Waals surface area contributed by atoms with Crippen LogP contribution in [0, 0.1) is 12.7 Å². The topological polar surface area (TPSA) is 0 Å². The third-order valence-corrected chi connectivity index (χ3v) is 4.21. The maximum atomic E-state index is 14.0. The Morgan fingerprint density at radius 1 is 1.06 bits per heavy atom. The van der Waals surface area contributed by atoms with Crippen molar-refractivity contribution in [2.24, 2.45) is 0 Å². The summed E-state index contributed by atoms with van der Waals surface area (Å²) in [5.41, 5.74) is 2.38. The number of hydrogen-bond donors (Lipinski definition) is 0. The smallest absolute Gasteiger partial charge is 0.130 e. The number of alkyl halides is 1. The zero-order valence-electron chi connectivity index (χ0n) is 9.25. The number of benzene rings is 2. The first kappa shape index (κ1) is 12.8. The molecule has 0 radical (unpaired) electrons. The van der Waals surface area contributed by atoms with Gasteiger partial charge in [0.1, 0.15) is 5.82 Å². The van der Waals surface area contributed by atoms with Gasteiger partial charge < -0.3 is 0 Å². The first-order chi connectivity index (χ1) is 8.09. The van der Waals surface area contributed by atoms with E-state index in [0.717, 1.165) is 10.0 Å². The van der Waals surface area contributed by atoms with E-state index in [1.54, 1.807) is 13.0 Å². The fourth-order valence-corrected chi connectivity index (χ4v) is 2.60. The predicted molar refractivity (Wildman–Crippen MR) is 76.0 cm³/mol. The minimum Gasteiger partial charge on any atom is -0.206 e. The Kier molecular flexibility index (Phi) is 4.00. The zero-order valence-corrected chi connectivity index (χ0v) is 12.4. The summed E-state index contributed by atoms with van der Waals surface area (Å²) in [5, 5.41) is 0. The lowest BCUT2D eigenvalue weighted by Crippen LogP contribution is -1.98. The van der Waals surface area contributed by atoms with E-state index in [2.05, 4.69) is 31.9 Å². The van der Waals surface area contributed by atoms with Crippen molar-refractivity contribution in [2.45, 2.75) is 11.8 Å². The second-order valence-corrected chi connectivity index (χ2v) is 5.72. The molecule has 0 aliphatic rings. The Morgan fingerprint density at radius 2 is 1.71 bits per heavy atom. The lowest BCUT2D eigenvalue weighted by molar-refractivity contribution is 0.604. The van der Waals surface area contributed by atoms with Crippen LogP contribution in [-0.2, 0) is 0 Å². The normalized spacial score (nSPS) is 12.5. The number of rotatable bonds is 2. The summed E-state index contributed by atoms with van der Waals surface area (Å²) in [6.07, 6.45) is 0. The van der Waals surface area contributed by atoms with Crippen LogP contribution in [0.3, 0.4) is 0 Å². The van der Waals surface area contributed by atoms with Crippen LogP contribution in [0.2, 0.25) is 0 Å². The van der Waals surface area contributed by atoms with E-state index >= 15 is 0 Å². The molecule has 2 aromatic carbocycles. The largest absolute Gasteiger partial charge is 0.206 e. The first-order valence-corrected chi connectivity index (χ1v) is 6.95. The second-order valence-electron chi connectivity index (χ2n) is 3.89. The summed E-state index contributed by atoms with van der Waals surface area (Å²) in [6, 6.07) is 13.3. The Labute approximate surface area is 117 Å². The van der Waals surface area contributed by atoms with Crippen molar-refractivity contribution in [1.29, 1.82) is 0 Å². The van der Waals surface area contributed by atoms with Crippen molar-refractivity contribution in [2.75, 3.05) is 0 Å². The van der Waals surface area contributed by atoms with Gasteiger partial charge in [0, 0.05) is 10.0 Å². The third-order valence-electron chi connectivity index (χ3n) is 2.66. The molecular weight excluding hydrogens is 347 g/mol. The highest BCUT2D eigenvalue weighted by atomic mass is 79.9. The van der Waals surface area contributed by atoms with Gasteiger partial charge in [0.15, 0.2) is 0 Å². The molecule has 2 rings (SSSR count). The molecule has 0 aliphatic heterocycles. The molecule has 0 heterocycles. The fourth-order valence-electron chi connectivity index (χ4n) is 1.68. The fraction of sp³-hybridized carbons (Fsp3) is 0.143. The molecule has 0 fully saturated rings. The van der Waals surface area contributed by atoms with Gasteiger partial charge in [-0.25, -0.2) is 4.39 Å². The summed E-state index contributed by atoms with van der Waals surface area (Å²) in [6.45, 7) is 1.78. The highest BCUT2D eigenvalue weighted by Gasteiger charge is 2.15. The molecule has 0 saturated carbocycles. The van der Waals surface area contributed by atoms with Crippen molar-refractivity contribution < 1.29 is 4.39 Å². The van der Waals surface area contributed by atoms with Gasteiger partial charge in [-0.3, -0.25) is 0 Å².